The monoisotopic (exact) mass is 563 g/mol. The number of nitrogens with one attached hydrogen (secondary N) is 1. The summed E-state index contributed by atoms with van der Waals surface area (Å²) < 4.78 is 0. The normalized spacial score (nSPS) is 48.9. The maximum atomic E-state index is 4.18. The number of hydrogen-bond acceptors (Lipinski definition) is 2. The molecule has 7 rings (SSSR count). The van der Waals surface area contributed by atoms with Crippen molar-refractivity contribution in [3.63, 3.8) is 0 Å². The van der Waals surface area contributed by atoms with Crippen molar-refractivity contribution in [2.24, 2.45) is 58.7 Å². The molecule has 2 nitrogen and oxygen atoms in total. The lowest BCUT2D eigenvalue weighted by molar-refractivity contribution is 0.0221. The number of piperidine rings is 1. The van der Waals surface area contributed by atoms with Crippen LogP contribution in [-0.2, 0) is 0 Å². The summed E-state index contributed by atoms with van der Waals surface area (Å²) in [4.78, 5) is 2.95. The zero-order valence-electron chi connectivity index (χ0n) is 27.6. The molecule has 1 saturated heterocycles. The SMILES string of the molecule is CC1=CCCC(CC2CCC(N(C)CC34CCC(C)C(C5CC6CCCCC6NC5C)C3C4)CC2C2CC2)CCC1. The van der Waals surface area contributed by atoms with Crippen molar-refractivity contribution in [2.75, 3.05) is 13.6 Å². The minimum absolute atomic E-state index is 0.672. The Balaban J connectivity index is 0.961. The van der Waals surface area contributed by atoms with Crippen LogP contribution >= 0.6 is 0 Å². The van der Waals surface area contributed by atoms with Crippen molar-refractivity contribution in [2.45, 2.75) is 161 Å². The highest BCUT2D eigenvalue weighted by atomic mass is 15.1. The van der Waals surface area contributed by atoms with Crippen LogP contribution in [-0.4, -0.2) is 36.6 Å². The van der Waals surface area contributed by atoms with Gasteiger partial charge in [0.1, 0.15) is 0 Å². The molecule has 0 aromatic heterocycles. The topological polar surface area (TPSA) is 15.3 Å². The number of rotatable bonds is 7. The van der Waals surface area contributed by atoms with E-state index in [1.165, 1.54) is 96.4 Å². The number of hydrogen-bond donors (Lipinski definition) is 1. The summed E-state index contributed by atoms with van der Waals surface area (Å²) in [5, 5.41) is 4.18. The third-order valence-corrected chi connectivity index (χ3v) is 14.9. The molecule has 232 valence electrons. The van der Waals surface area contributed by atoms with E-state index in [-0.39, 0.29) is 0 Å². The van der Waals surface area contributed by atoms with Gasteiger partial charge in [-0.1, -0.05) is 37.8 Å². The van der Waals surface area contributed by atoms with Gasteiger partial charge in [-0.3, -0.25) is 0 Å². The zero-order valence-corrected chi connectivity index (χ0v) is 27.6. The Kier molecular flexibility index (Phi) is 8.75. The van der Waals surface area contributed by atoms with E-state index in [1.54, 1.807) is 37.7 Å². The molecule has 0 radical (unpaired) electrons. The van der Waals surface area contributed by atoms with Crippen LogP contribution in [0.25, 0.3) is 0 Å². The summed E-state index contributed by atoms with van der Waals surface area (Å²) in [7, 11) is 2.56. The van der Waals surface area contributed by atoms with E-state index < -0.39 is 0 Å². The van der Waals surface area contributed by atoms with Crippen LogP contribution in [0.5, 0.6) is 0 Å². The second-order valence-electron chi connectivity index (χ2n) is 17.5. The first-order chi connectivity index (χ1) is 19.9. The Morgan fingerprint density at radius 3 is 2.59 bits per heavy atom. The van der Waals surface area contributed by atoms with Gasteiger partial charge in [0.05, 0.1) is 0 Å². The van der Waals surface area contributed by atoms with E-state index in [1.807, 2.05) is 0 Å². The van der Waals surface area contributed by atoms with Crippen LogP contribution in [0, 0.1) is 58.7 Å². The fraction of sp³-hybridized carbons (Fsp3) is 0.949. The van der Waals surface area contributed by atoms with Crippen molar-refractivity contribution >= 4 is 0 Å². The molecule has 12 atom stereocenters. The van der Waals surface area contributed by atoms with Gasteiger partial charge in [-0.05, 0) is 182 Å². The van der Waals surface area contributed by atoms with Gasteiger partial charge in [0.2, 0.25) is 0 Å². The lowest BCUT2D eigenvalue weighted by Gasteiger charge is -2.50. The largest absolute Gasteiger partial charge is 0.311 e. The fourth-order valence-electron chi connectivity index (χ4n) is 12.3. The van der Waals surface area contributed by atoms with E-state index in [0.29, 0.717) is 5.41 Å². The highest BCUT2D eigenvalue weighted by molar-refractivity contribution is 5.13. The van der Waals surface area contributed by atoms with Gasteiger partial charge in [-0.25, -0.2) is 0 Å². The molecule has 5 saturated carbocycles. The molecule has 0 aromatic carbocycles. The van der Waals surface area contributed by atoms with Gasteiger partial charge >= 0.3 is 0 Å². The highest BCUT2D eigenvalue weighted by Crippen LogP contribution is 2.68. The highest BCUT2D eigenvalue weighted by Gasteiger charge is 2.63. The van der Waals surface area contributed by atoms with Crippen LogP contribution in [0.1, 0.15) is 143 Å². The maximum Gasteiger partial charge on any atom is 0.00980 e. The van der Waals surface area contributed by atoms with Crippen LogP contribution in [0.4, 0.5) is 0 Å². The van der Waals surface area contributed by atoms with Crippen molar-refractivity contribution in [3.05, 3.63) is 11.6 Å². The van der Waals surface area contributed by atoms with E-state index in [0.717, 1.165) is 71.4 Å². The molecule has 1 N–H and O–H groups in total. The molecule has 6 fully saturated rings. The van der Waals surface area contributed by atoms with Gasteiger partial charge in [0.15, 0.2) is 0 Å². The Morgan fingerprint density at radius 1 is 0.878 bits per heavy atom. The average molecular weight is 563 g/mol. The third-order valence-electron chi connectivity index (χ3n) is 14.9. The third kappa shape index (κ3) is 6.28. The van der Waals surface area contributed by atoms with Crippen LogP contribution in [0.15, 0.2) is 11.6 Å². The summed E-state index contributed by atoms with van der Waals surface area (Å²) in [6.45, 7) is 8.99. The minimum Gasteiger partial charge on any atom is -0.311 e. The summed E-state index contributed by atoms with van der Waals surface area (Å²) in [5.74, 6) is 9.04. The van der Waals surface area contributed by atoms with Crippen molar-refractivity contribution in [1.29, 1.82) is 0 Å². The number of nitrogens with zero attached hydrogens (tertiary/aromatic N) is 1. The first kappa shape index (κ1) is 29.4. The molecule has 6 aliphatic carbocycles. The molecule has 7 aliphatic rings. The molecular weight excluding hydrogens is 496 g/mol. The molecule has 2 heteroatoms. The van der Waals surface area contributed by atoms with Gasteiger partial charge < -0.3 is 10.2 Å². The Labute approximate surface area is 254 Å². The maximum absolute atomic E-state index is 4.18. The van der Waals surface area contributed by atoms with Crippen LogP contribution < -0.4 is 5.32 Å². The van der Waals surface area contributed by atoms with Gasteiger partial charge in [-0.15, -0.1) is 0 Å². The van der Waals surface area contributed by atoms with Gasteiger partial charge in [0, 0.05) is 24.7 Å². The first-order valence-corrected chi connectivity index (χ1v) is 19.0. The lowest BCUT2D eigenvalue weighted by atomic mass is 9.62. The first-order valence-electron chi connectivity index (χ1n) is 19.0. The van der Waals surface area contributed by atoms with Gasteiger partial charge in [0.25, 0.3) is 0 Å². The summed E-state index contributed by atoms with van der Waals surface area (Å²) >= 11 is 0. The van der Waals surface area contributed by atoms with E-state index in [9.17, 15) is 0 Å². The van der Waals surface area contributed by atoms with E-state index >= 15 is 0 Å². The second kappa shape index (κ2) is 12.2. The smallest absolute Gasteiger partial charge is 0.00980 e. The molecule has 0 aromatic rings. The Hall–Kier alpha value is -0.340. The van der Waals surface area contributed by atoms with Crippen LogP contribution in [0.2, 0.25) is 0 Å². The minimum atomic E-state index is 0.672. The number of fused-ring (bicyclic) bond motifs is 2. The molecular formula is C39H66N2. The van der Waals surface area contributed by atoms with E-state index in [4.69, 9.17) is 0 Å². The van der Waals surface area contributed by atoms with Crippen LogP contribution in [0.3, 0.4) is 0 Å². The van der Waals surface area contributed by atoms with Crippen molar-refractivity contribution in [3.8, 4) is 0 Å². The molecule has 41 heavy (non-hydrogen) atoms. The molecule has 1 aliphatic heterocycles. The van der Waals surface area contributed by atoms with Gasteiger partial charge in [-0.2, -0.15) is 0 Å². The lowest BCUT2D eigenvalue weighted by Crippen LogP contribution is -2.55. The van der Waals surface area contributed by atoms with E-state index in [2.05, 4.69) is 44.1 Å². The average Bonchev–Trinajstić information content (AvgIpc) is 3.88. The predicted molar refractivity (Wildman–Crippen MR) is 174 cm³/mol. The summed E-state index contributed by atoms with van der Waals surface area (Å²) in [6, 6.07) is 2.45. The van der Waals surface area contributed by atoms with Crippen molar-refractivity contribution in [1.82, 2.24) is 10.2 Å². The Bertz CT molecular complexity index is 921. The number of allylic oxidation sites excluding steroid dienone is 2. The molecule has 1 heterocycles. The molecule has 0 spiro atoms. The quantitative estimate of drug-likeness (QED) is 0.311. The fourth-order valence-corrected chi connectivity index (χ4v) is 12.3. The predicted octanol–water partition coefficient (Wildman–Crippen LogP) is 9.64. The molecule has 12 unspecified atom stereocenters. The summed E-state index contributed by atoms with van der Waals surface area (Å²) in [6.07, 6.45) is 30.9. The zero-order chi connectivity index (χ0) is 28.1. The second-order valence-corrected chi connectivity index (χ2v) is 17.5. The molecule has 0 amide bonds. The van der Waals surface area contributed by atoms with Crippen molar-refractivity contribution < 1.29 is 0 Å². The Morgan fingerprint density at radius 2 is 1.73 bits per heavy atom. The summed E-state index contributed by atoms with van der Waals surface area (Å²) in [5.41, 5.74) is 2.33. The molecule has 0 bridgehead atoms. The standard InChI is InChI=1S/C39H66N2/c1-26-9-7-11-29(12-8-10-26)21-31-17-18-33(23-35(31)30-15-16-30)41(4)25-39-20-19-27(2)38(36(39)24-39)34-22-32-13-5-6-14-37(32)40-28(34)3/h9,27-38,40H,5-8,10-25H2,1-4H3.